The molecule has 2 aromatic carbocycles. The fourth-order valence-electron chi connectivity index (χ4n) is 1.39. The fraction of sp³-hybridized carbons (Fsp3) is 0. The first-order chi connectivity index (χ1) is 9.57. The van der Waals surface area contributed by atoms with Gasteiger partial charge in [-0.15, -0.1) is 4.49 Å². The summed E-state index contributed by atoms with van der Waals surface area (Å²) < 4.78 is 46.0. The molecule has 0 aliphatic carbocycles. The molecule has 0 heterocycles. The molecule has 1 atom stereocenters. The molecule has 0 aromatic heterocycles. The maximum absolute atomic E-state index is 12.4. The molecule has 0 saturated carbocycles. The second-order valence-corrected chi connectivity index (χ2v) is 6.19. The van der Waals surface area contributed by atoms with E-state index < -0.39 is 19.0 Å². The summed E-state index contributed by atoms with van der Waals surface area (Å²) >= 11 is -2.80. The Balaban J connectivity index is 2.21. The number of para-hydroxylation sites is 2. The molecule has 0 fully saturated rings. The Morgan fingerprint density at radius 3 is 1.65 bits per heavy atom. The quantitative estimate of drug-likeness (QED) is 0.654. The molecule has 1 N–H and O–H groups in total. The van der Waals surface area contributed by atoms with Gasteiger partial charge in [0.05, 0.1) is 0 Å². The van der Waals surface area contributed by atoms with E-state index in [2.05, 4.69) is 0 Å². The predicted octanol–water partition coefficient (Wildman–Crippen LogP) is 2.64. The van der Waals surface area contributed by atoms with Crippen LogP contribution in [0.15, 0.2) is 60.7 Å². The number of hydrogen-bond acceptors (Lipinski definition) is 5. The van der Waals surface area contributed by atoms with Crippen molar-refractivity contribution in [2.45, 2.75) is 0 Å². The molecule has 2 aromatic rings. The van der Waals surface area contributed by atoms with Gasteiger partial charge in [-0.2, -0.15) is 0 Å². The molecule has 106 valence electrons. The minimum absolute atomic E-state index is 0.227. The normalized spacial score (nSPS) is 12.7. The summed E-state index contributed by atoms with van der Waals surface area (Å²) in [6.45, 7) is 0. The average Bonchev–Trinajstić information content (AvgIpc) is 2.39. The monoisotopic (exact) mass is 312 g/mol. The molecule has 0 saturated heterocycles. The maximum atomic E-state index is 12.4. The van der Waals surface area contributed by atoms with Crippen molar-refractivity contribution < 1.29 is 22.4 Å². The second kappa shape index (κ2) is 6.67. The summed E-state index contributed by atoms with van der Waals surface area (Å²) in [5, 5.41) is 0. The van der Waals surface area contributed by atoms with E-state index in [0.29, 0.717) is 0 Å². The Hall–Kier alpha value is -1.66. The summed E-state index contributed by atoms with van der Waals surface area (Å²) in [6, 6.07) is 16.3. The number of nitrogens with one attached hydrogen (secondary N) is 1. The molecule has 0 aliphatic rings. The third-order valence-electron chi connectivity index (χ3n) is 2.12. The molecule has 0 radical (unpaired) electrons. The van der Waals surface area contributed by atoms with Crippen LogP contribution in [0.2, 0.25) is 0 Å². The predicted molar refractivity (Wildman–Crippen MR) is 73.8 cm³/mol. The molecule has 1 unspecified atom stereocenters. The van der Waals surface area contributed by atoms with Gasteiger partial charge in [0, 0.05) is 11.3 Å². The van der Waals surface area contributed by atoms with Gasteiger partial charge in [-0.1, -0.05) is 36.4 Å². The second-order valence-electron chi connectivity index (χ2n) is 3.63. The van der Waals surface area contributed by atoms with E-state index in [1.165, 1.54) is 24.3 Å². The zero-order valence-corrected chi connectivity index (χ0v) is 11.9. The highest BCUT2D eigenvalue weighted by Gasteiger charge is 2.28. The van der Waals surface area contributed by atoms with Gasteiger partial charge in [0.1, 0.15) is 11.5 Å². The van der Waals surface area contributed by atoms with Crippen molar-refractivity contribution in [3.8, 4) is 11.5 Å². The first-order valence-corrected chi connectivity index (χ1v) is 8.16. The summed E-state index contributed by atoms with van der Waals surface area (Å²) in [4.78, 5) is 0. The molecule has 0 aliphatic heterocycles. The lowest BCUT2D eigenvalue weighted by Gasteiger charge is -2.21. The minimum atomic E-state index is -4.08. The lowest BCUT2D eigenvalue weighted by molar-refractivity contribution is 0.379. The van der Waals surface area contributed by atoms with Crippen molar-refractivity contribution in [1.29, 1.82) is 0 Å². The van der Waals surface area contributed by atoms with Crippen LogP contribution in [0.25, 0.3) is 0 Å². The van der Waals surface area contributed by atoms with Gasteiger partial charge < -0.3 is 13.6 Å². The third-order valence-corrected chi connectivity index (χ3v) is 4.52. The SMILES string of the molecule is O=S([O-])NP(=O)(Oc1ccccc1)Oc1ccccc1. The van der Waals surface area contributed by atoms with E-state index in [9.17, 15) is 13.3 Å². The van der Waals surface area contributed by atoms with Gasteiger partial charge in [0.15, 0.2) is 0 Å². The summed E-state index contributed by atoms with van der Waals surface area (Å²) in [5.41, 5.74) is 0. The van der Waals surface area contributed by atoms with E-state index in [1.54, 1.807) is 40.9 Å². The van der Waals surface area contributed by atoms with Crippen molar-refractivity contribution in [3.63, 3.8) is 0 Å². The van der Waals surface area contributed by atoms with Crippen LogP contribution in [0.3, 0.4) is 0 Å². The van der Waals surface area contributed by atoms with Crippen LogP contribution in [0.1, 0.15) is 0 Å². The topological polar surface area (TPSA) is 87.7 Å². The highest BCUT2D eigenvalue weighted by Crippen LogP contribution is 2.44. The van der Waals surface area contributed by atoms with E-state index >= 15 is 0 Å². The average molecular weight is 312 g/mol. The van der Waals surface area contributed by atoms with Gasteiger partial charge in [-0.05, 0) is 24.3 Å². The molecule has 0 amide bonds. The largest absolute Gasteiger partial charge is 0.759 e. The number of hydrogen-bond donors (Lipinski definition) is 1. The Kier molecular flexibility index (Phi) is 4.92. The van der Waals surface area contributed by atoms with Crippen LogP contribution < -0.4 is 13.5 Å². The lowest BCUT2D eigenvalue weighted by Crippen LogP contribution is -2.20. The molecule has 2 rings (SSSR count). The fourth-order valence-corrected chi connectivity index (χ4v) is 3.25. The third kappa shape index (κ3) is 4.47. The van der Waals surface area contributed by atoms with Crippen molar-refractivity contribution in [2.24, 2.45) is 0 Å². The highest BCUT2D eigenvalue weighted by atomic mass is 32.2. The Labute approximate surface area is 118 Å². The zero-order chi connectivity index (χ0) is 14.4. The van der Waals surface area contributed by atoms with Crippen LogP contribution in [0.5, 0.6) is 11.5 Å². The molecule has 0 bridgehead atoms. The van der Waals surface area contributed by atoms with E-state index in [1.807, 2.05) is 0 Å². The standard InChI is InChI=1S/C12H12NO5PS/c14-19(13-20(15)16,17-11-7-3-1-4-8-11)18-12-9-5-2-6-10-12/h1-10H,(H,13,14)(H,15,16)/p-1. The van der Waals surface area contributed by atoms with Crippen LogP contribution in [0, 0.1) is 0 Å². The summed E-state index contributed by atoms with van der Waals surface area (Å²) in [7, 11) is -4.08. The molecule has 8 heteroatoms. The Morgan fingerprint density at radius 2 is 1.30 bits per heavy atom. The van der Waals surface area contributed by atoms with Crippen molar-refractivity contribution in [2.75, 3.05) is 0 Å². The van der Waals surface area contributed by atoms with Crippen LogP contribution >= 0.6 is 7.75 Å². The van der Waals surface area contributed by atoms with Crippen LogP contribution in [-0.4, -0.2) is 8.76 Å². The van der Waals surface area contributed by atoms with Gasteiger partial charge in [-0.3, -0.25) is 4.21 Å². The number of benzene rings is 2. The van der Waals surface area contributed by atoms with E-state index in [-0.39, 0.29) is 11.5 Å². The van der Waals surface area contributed by atoms with Crippen molar-refractivity contribution in [1.82, 2.24) is 4.49 Å². The molecular formula is C12H11NO5PS-. The van der Waals surface area contributed by atoms with Gasteiger partial charge in [0.25, 0.3) is 0 Å². The first-order valence-electron chi connectivity index (χ1n) is 5.54. The minimum Gasteiger partial charge on any atom is -0.759 e. The molecule has 0 spiro atoms. The smallest absolute Gasteiger partial charge is 0.523 e. The van der Waals surface area contributed by atoms with E-state index in [0.717, 1.165) is 0 Å². The number of rotatable bonds is 6. The summed E-state index contributed by atoms with van der Waals surface area (Å²) in [6.07, 6.45) is 0. The Morgan fingerprint density at radius 1 is 0.900 bits per heavy atom. The zero-order valence-electron chi connectivity index (χ0n) is 10.2. The molecule has 20 heavy (non-hydrogen) atoms. The van der Waals surface area contributed by atoms with Gasteiger partial charge in [0.2, 0.25) is 0 Å². The van der Waals surface area contributed by atoms with Crippen molar-refractivity contribution in [3.05, 3.63) is 60.7 Å². The molecule has 6 nitrogen and oxygen atoms in total. The summed E-state index contributed by atoms with van der Waals surface area (Å²) in [5.74, 6) is 0.453. The van der Waals surface area contributed by atoms with E-state index in [4.69, 9.17) is 9.05 Å². The highest BCUT2D eigenvalue weighted by molar-refractivity contribution is 7.84. The molecular weight excluding hydrogens is 301 g/mol. The van der Waals surface area contributed by atoms with Crippen molar-refractivity contribution >= 4 is 19.0 Å². The van der Waals surface area contributed by atoms with Gasteiger partial charge in [-0.25, -0.2) is 4.57 Å². The lowest BCUT2D eigenvalue weighted by atomic mass is 10.3. The van der Waals surface area contributed by atoms with Crippen LogP contribution in [-0.2, 0) is 15.8 Å². The first kappa shape index (κ1) is 14.7. The maximum Gasteiger partial charge on any atom is 0.523 e. The van der Waals surface area contributed by atoms with Gasteiger partial charge >= 0.3 is 7.75 Å². The van der Waals surface area contributed by atoms with Crippen LogP contribution in [0.4, 0.5) is 0 Å². The Bertz CT molecular complexity index is 577.